The smallest absolute Gasteiger partial charge is 0.307 e. The van der Waals surface area contributed by atoms with Crippen molar-refractivity contribution in [3.63, 3.8) is 0 Å². The highest BCUT2D eigenvalue weighted by Gasteiger charge is 2.18. The van der Waals surface area contributed by atoms with Gasteiger partial charge >= 0.3 is 5.97 Å². The van der Waals surface area contributed by atoms with Gasteiger partial charge in [-0.05, 0) is 68.0 Å². The van der Waals surface area contributed by atoms with Crippen molar-refractivity contribution < 1.29 is 9.90 Å². The zero-order valence-electron chi connectivity index (χ0n) is 12.4. The predicted molar refractivity (Wildman–Crippen MR) is 98.2 cm³/mol. The van der Waals surface area contributed by atoms with Crippen LogP contribution in [0.25, 0.3) is 21.9 Å². The molecule has 0 saturated carbocycles. The fraction of sp³-hybridized carbons (Fsp3) is 0.105. The Morgan fingerprint density at radius 2 is 1.70 bits per heavy atom. The summed E-state index contributed by atoms with van der Waals surface area (Å²) < 4.78 is 0.946. The van der Waals surface area contributed by atoms with Crippen LogP contribution in [-0.4, -0.2) is 11.1 Å². The fourth-order valence-corrected chi connectivity index (χ4v) is 3.61. The van der Waals surface area contributed by atoms with Gasteiger partial charge in [-0.3, -0.25) is 4.79 Å². The van der Waals surface area contributed by atoms with E-state index in [2.05, 4.69) is 15.9 Å². The summed E-state index contributed by atoms with van der Waals surface area (Å²) in [6, 6.07) is 15.5. The van der Waals surface area contributed by atoms with Gasteiger partial charge in [-0.1, -0.05) is 48.0 Å². The van der Waals surface area contributed by atoms with E-state index in [1.54, 1.807) is 0 Å². The van der Waals surface area contributed by atoms with Gasteiger partial charge in [-0.2, -0.15) is 0 Å². The molecular weight excluding hydrogens is 376 g/mol. The molecule has 0 spiro atoms. The number of benzene rings is 3. The standard InChI is InChI=1S/C19H14BrClO2/c1-11-16(10-17(22)23)18(12-6-8-13(21)9-7-12)14-4-2-3-5-15(14)19(11)20/h2-9H,10H2,1H3,(H,22,23). The molecule has 0 fully saturated rings. The van der Waals surface area contributed by atoms with Crippen LogP contribution < -0.4 is 0 Å². The lowest BCUT2D eigenvalue weighted by atomic mass is 9.88. The third-order valence-corrected chi connectivity index (χ3v) is 5.25. The van der Waals surface area contributed by atoms with Crippen LogP contribution in [0.1, 0.15) is 11.1 Å². The van der Waals surface area contributed by atoms with Gasteiger partial charge in [0.2, 0.25) is 0 Å². The number of rotatable bonds is 3. The minimum Gasteiger partial charge on any atom is -0.481 e. The van der Waals surface area contributed by atoms with E-state index < -0.39 is 5.97 Å². The molecule has 116 valence electrons. The van der Waals surface area contributed by atoms with Crippen LogP contribution in [0, 0.1) is 6.92 Å². The molecular formula is C19H14BrClO2. The van der Waals surface area contributed by atoms with Gasteiger partial charge in [-0.25, -0.2) is 0 Å². The average molecular weight is 390 g/mol. The van der Waals surface area contributed by atoms with E-state index in [9.17, 15) is 9.90 Å². The maximum Gasteiger partial charge on any atom is 0.307 e. The molecule has 23 heavy (non-hydrogen) atoms. The van der Waals surface area contributed by atoms with Crippen molar-refractivity contribution in [2.24, 2.45) is 0 Å². The number of hydrogen-bond donors (Lipinski definition) is 1. The Kier molecular flexibility index (Phi) is 4.42. The molecule has 0 unspecified atom stereocenters. The van der Waals surface area contributed by atoms with Crippen molar-refractivity contribution in [1.82, 2.24) is 0 Å². The molecule has 3 rings (SSSR count). The normalized spacial score (nSPS) is 10.9. The number of carboxylic acids is 1. The summed E-state index contributed by atoms with van der Waals surface area (Å²) in [5, 5.41) is 12.1. The van der Waals surface area contributed by atoms with Gasteiger partial charge in [0.25, 0.3) is 0 Å². The predicted octanol–water partition coefficient (Wildman–Crippen LogP) is 5.86. The quantitative estimate of drug-likeness (QED) is 0.609. The van der Waals surface area contributed by atoms with Crippen LogP contribution >= 0.6 is 27.5 Å². The van der Waals surface area contributed by atoms with Gasteiger partial charge in [0.15, 0.2) is 0 Å². The van der Waals surface area contributed by atoms with Gasteiger partial charge in [-0.15, -0.1) is 0 Å². The summed E-state index contributed by atoms with van der Waals surface area (Å²) in [5.41, 5.74) is 3.71. The second-order valence-corrected chi connectivity index (χ2v) is 6.64. The Hall–Kier alpha value is -1.84. The number of halogens is 2. The minimum atomic E-state index is -0.842. The van der Waals surface area contributed by atoms with E-state index in [1.165, 1.54) is 0 Å². The fourth-order valence-electron chi connectivity index (χ4n) is 2.90. The van der Waals surface area contributed by atoms with Crippen LogP contribution in [0.3, 0.4) is 0 Å². The number of hydrogen-bond acceptors (Lipinski definition) is 1. The van der Waals surface area contributed by atoms with E-state index in [0.717, 1.165) is 37.5 Å². The molecule has 1 N–H and O–H groups in total. The molecule has 0 heterocycles. The highest BCUT2D eigenvalue weighted by atomic mass is 79.9. The number of aliphatic carboxylic acids is 1. The van der Waals surface area contributed by atoms with Crippen molar-refractivity contribution >= 4 is 44.3 Å². The summed E-state index contributed by atoms with van der Waals surface area (Å²) >= 11 is 9.62. The Labute approximate surface area is 147 Å². The maximum absolute atomic E-state index is 11.4. The van der Waals surface area contributed by atoms with Crippen LogP contribution in [0.15, 0.2) is 53.0 Å². The topological polar surface area (TPSA) is 37.3 Å². The SMILES string of the molecule is Cc1c(CC(=O)O)c(-c2ccc(Cl)cc2)c2ccccc2c1Br. The molecule has 0 saturated heterocycles. The molecule has 0 aromatic heterocycles. The van der Waals surface area contributed by atoms with Gasteiger partial charge in [0.1, 0.15) is 0 Å². The zero-order valence-corrected chi connectivity index (χ0v) is 14.8. The van der Waals surface area contributed by atoms with Crippen LogP contribution in [0.4, 0.5) is 0 Å². The van der Waals surface area contributed by atoms with Crippen molar-refractivity contribution in [2.45, 2.75) is 13.3 Å². The summed E-state index contributed by atoms with van der Waals surface area (Å²) in [6.45, 7) is 1.95. The molecule has 0 radical (unpaired) electrons. The first-order chi connectivity index (χ1) is 11.0. The molecule has 0 aliphatic carbocycles. The molecule has 0 bridgehead atoms. The minimum absolute atomic E-state index is 0.0206. The zero-order chi connectivity index (χ0) is 16.6. The second kappa shape index (κ2) is 6.34. The summed E-state index contributed by atoms with van der Waals surface area (Å²) in [5.74, 6) is -0.842. The van der Waals surface area contributed by atoms with Crippen LogP contribution in [0.2, 0.25) is 5.02 Å². The third-order valence-electron chi connectivity index (χ3n) is 3.98. The molecule has 0 amide bonds. The maximum atomic E-state index is 11.4. The van der Waals surface area contributed by atoms with Crippen LogP contribution in [0.5, 0.6) is 0 Å². The molecule has 0 atom stereocenters. The van der Waals surface area contributed by atoms with Gasteiger partial charge < -0.3 is 5.11 Å². The molecule has 3 aromatic carbocycles. The van der Waals surface area contributed by atoms with E-state index in [4.69, 9.17) is 11.6 Å². The largest absolute Gasteiger partial charge is 0.481 e. The van der Waals surface area contributed by atoms with E-state index in [1.807, 2.05) is 55.5 Å². The van der Waals surface area contributed by atoms with E-state index in [-0.39, 0.29) is 6.42 Å². The first kappa shape index (κ1) is 16.0. The van der Waals surface area contributed by atoms with Crippen LogP contribution in [-0.2, 0) is 11.2 Å². The monoisotopic (exact) mass is 388 g/mol. The number of carbonyl (C=O) groups is 1. The van der Waals surface area contributed by atoms with Crippen molar-refractivity contribution in [1.29, 1.82) is 0 Å². The summed E-state index contributed by atoms with van der Waals surface area (Å²) in [6.07, 6.45) is -0.0206. The molecule has 4 heteroatoms. The Balaban J connectivity index is 2.42. The highest BCUT2D eigenvalue weighted by Crippen LogP contribution is 2.40. The highest BCUT2D eigenvalue weighted by molar-refractivity contribution is 9.10. The van der Waals surface area contributed by atoms with Crippen molar-refractivity contribution in [3.8, 4) is 11.1 Å². The molecule has 2 nitrogen and oxygen atoms in total. The lowest BCUT2D eigenvalue weighted by Gasteiger charge is -2.18. The third kappa shape index (κ3) is 2.99. The molecule has 0 aliphatic rings. The molecule has 0 aliphatic heterocycles. The second-order valence-electron chi connectivity index (χ2n) is 5.42. The average Bonchev–Trinajstić information content (AvgIpc) is 2.54. The first-order valence-electron chi connectivity index (χ1n) is 7.16. The van der Waals surface area contributed by atoms with E-state index >= 15 is 0 Å². The number of fused-ring (bicyclic) bond motifs is 1. The molecule has 3 aromatic rings. The first-order valence-corrected chi connectivity index (χ1v) is 8.33. The van der Waals surface area contributed by atoms with Gasteiger partial charge in [0.05, 0.1) is 6.42 Å². The Morgan fingerprint density at radius 3 is 2.30 bits per heavy atom. The Bertz CT molecular complexity index is 901. The summed E-state index contributed by atoms with van der Waals surface area (Å²) in [7, 11) is 0. The number of carboxylic acid groups (broad SMARTS) is 1. The lowest BCUT2D eigenvalue weighted by Crippen LogP contribution is -2.05. The van der Waals surface area contributed by atoms with Crippen molar-refractivity contribution in [2.75, 3.05) is 0 Å². The van der Waals surface area contributed by atoms with Gasteiger partial charge in [0, 0.05) is 9.50 Å². The lowest BCUT2D eigenvalue weighted by molar-refractivity contribution is -0.136. The van der Waals surface area contributed by atoms with E-state index in [0.29, 0.717) is 5.02 Å². The Morgan fingerprint density at radius 1 is 1.09 bits per heavy atom. The summed E-state index contributed by atoms with van der Waals surface area (Å²) in [4.78, 5) is 11.4. The van der Waals surface area contributed by atoms with Crippen molar-refractivity contribution in [3.05, 3.63) is 69.2 Å².